The Balaban J connectivity index is 1.78. The number of rotatable bonds is 7. The van der Waals surface area contributed by atoms with Gasteiger partial charge in [0.25, 0.3) is 5.91 Å². The maximum absolute atomic E-state index is 12.1. The van der Waals surface area contributed by atoms with Crippen LogP contribution in [0.5, 0.6) is 0 Å². The zero-order valence-corrected chi connectivity index (χ0v) is 14.0. The highest BCUT2D eigenvalue weighted by Gasteiger charge is 2.12. The number of hydrogen-bond acceptors (Lipinski definition) is 5. The second-order valence-electron chi connectivity index (χ2n) is 5.68. The van der Waals surface area contributed by atoms with Crippen LogP contribution >= 0.6 is 0 Å². The van der Waals surface area contributed by atoms with E-state index in [-0.39, 0.29) is 17.5 Å². The van der Waals surface area contributed by atoms with E-state index in [1.54, 1.807) is 0 Å². The molecule has 0 aliphatic carbocycles. The number of nitriles is 1. The van der Waals surface area contributed by atoms with Crippen LogP contribution in [0.15, 0.2) is 42.1 Å². The Bertz CT molecular complexity index is 589. The molecule has 128 valence electrons. The maximum atomic E-state index is 12.1. The van der Waals surface area contributed by atoms with Gasteiger partial charge in [0.05, 0.1) is 13.2 Å². The number of benzene rings is 1. The number of carbonyl (C=O) groups excluding carboxylic acids is 1. The molecule has 6 nitrogen and oxygen atoms in total. The number of carbonyl (C=O) groups is 1. The number of nitrogens with zero attached hydrogens (tertiary/aromatic N) is 2. The summed E-state index contributed by atoms with van der Waals surface area (Å²) in [7, 11) is 0. The Morgan fingerprint density at radius 3 is 2.75 bits per heavy atom. The van der Waals surface area contributed by atoms with E-state index in [0.29, 0.717) is 6.54 Å². The first-order valence-electron chi connectivity index (χ1n) is 8.20. The van der Waals surface area contributed by atoms with E-state index in [4.69, 9.17) is 4.74 Å². The minimum absolute atomic E-state index is 0.0238. The Labute approximate surface area is 143 Å². The third-order valence-electron chi connectivity index (χ3n) is 3.96. The molecule has 1 heterocycles. The van der Waals surface area contributed by atoms with Crippen molar-refractivity contribution in [1.29, 1.82) is 5.26 Å². The zero-order chi connectivity index (χ0) is 17.2. The monoisotopic (exact) mass is 328 g/mol. The molecular weight excluding hydrogens is 304 g/mol. The lowest BCUT2D eigenvalue weighted by Crippen LogP contribution is -2.41. The number of morpholine rings is 1. The molecule has 0 saturated carbocycles. The first-order chi connectivity index (χ1) is 11.7. The Morgan fingerprint density at radius 1 is 1.38 bits per heavy atom. The molecular formula is C18H24N4O2. The molecule has 24 heavy (non-hydrogen) atoms. The number of hydrogen-bond donors (Lipinski definition) is 2. The number of ether oxygens (including phenoxy) is 1. The van der Waals surface area contributed by atoms with Gasteiger partial charge in [-0.3, -0.25) is 9.69 Å². The van der Waals surface area contributed by atoms with Crippen molar-refractivity contribution in [3.8, 4) is 6.07 Å². The summed E-state index contributed by atoms with van der Waals surface area (Å²) in [5.74, 6) is -0.349. The summed E-state index contributed by atoms with van der Waals surface area (Å²) in [5, 5.41) is 15.1. The van der Waals surface area contributed by atoms with Crippen LogP contribution in [0.25, 0.3) is 0 Å². The fourth-order valence-corrected chi connectivity index (χ4v) is 2.44. The summed E-state index contributed by atoms with van der Waals surface area (Å²) in [5.41, 5.74) is 1.18. The Hall–Kier alpha value is -2.36. The van der Waals surface area contributed by atoms with Crippen LogP contribution in [-0.2, 0) is 9.53 Å². The summed E-state index contributed by atoms with van der Waals surface area (Å²) in [6.07, 6.45) is 1.49. The maximum Gasteiger partial charge on any atom is 0.263 e. The van der Waals surface area contributed by atoms with E-state index in [1.165, 1.54) is 6.20 Å². The van der Waals surface area contributed by atoms with E-state index in [1.807, 2.05) is 43.3 Å². The molecule has 1 unspecified atom stereocenters. The van der Waals surface area contributed by atoms with Gasteiger partial charge in [-0.05, 0) is 12.5 Å². The molecule has 1 atom stereocenters. The summed E-state index contributed by atoms with van der Waals surface area (Å²) in [6, 6.07) is 11.8. The molecule has 1 saturated heterocycles. The van der Waals surface area contributed by atoms with Gasteiger partial charge >= 0.3 is 0 Å². The molecule has 1 aliphatic rings. The number of amides is 1. The van der Waals surface area contributed by atoms with E-state index >= 15 is 0 Å². The summed E-state index contributed by atoms with van der Waals surface area (Å²) in [4.78, 5) is 14.3. The van der Waals surface area contributed by atoms with Gasteiger partial charge in [-0.2, -0.15) is 5.26 Å². The molecule has 2 N–H and O–H groups in total. The normalized spacial score (nSPS) is 16.9. The van der Waals surface area contributed by atoms with Gasteiger partial charge in [-0.15, -0.1) is 0 Å². The van der Waals surface area contributed by atoms with Gasteiger partial charge < -0.3 is 15.4 Å². The summed E-state index contributed by atoms with van der Waals surface area (Å²) >= 11 is 0. The molecule has 1 aromatic carbocycles. The molecule has 1 aromatic rings. The summed E-state index contributed by atoms with van der Waals surface area (Å²) in [6.45, 7) is 6.50. The first-order valence-corrected chi connectivity index (χ1v) is 8.20. The van der Waals surface area contributed by atoms with Crippen molar-refractivity contribution < 1.29 is 9.53 Å². The van der Waals surface area contributed by atoms with E-state index in [2.05, 4.69) is 15.5 Å². The third kappa shape index (κ3) is 5.69. The summed E-state index contributed by atoms with van der Waals surface area (Å²) < 4.78 is 5.28. The van der Waals surface area contributed by atoms with E-state index in [9.17, 15) is 10.1 Å². The minimum Gasteiger partial charge on any atom is -0.383 e. The Kier molecular flexibility index (Phi) is 7.27. The molecule has 0 aromatic heterocycles. The van der Waals surface area contributed by atoms with Crippen molar-refractivity contribution in [2.24, 2.45) is 0 Å². The first kappa shape index (κ1) is 18.0. The second kappa shape index (κ2) is 9.71. The largest absolute Gasteiger partial charge is 0.383 e. The van der Waals surface area contributed by atoms with Gasteiger partial charge in [0, 0.05) is 38.4 Å². The molecule has 0 spiro atoms. The fraction of sp³-hybridized carbons (Fsp3) is 0.444. The van der Waals surface area contributed by atoms with Crippen LogP contribution in [0, 0.1) is 11.3 Å². The molecule has 6 heteroatoms. The quantitative estimate of drug-likeness (QED) is 0.581. The van der Waals surface area contributed by atoms with Crippen LogP contribution in [-0.4, -0.2) is 50.2 Å². The van der Waals surface area contributed by atoms with E-state index in [0.717, 1.165) is 38.4 Å². The van der Waals surface area contributed by atoms with Gasteiger partial charge in [0.2, 0.25) is 0 Å². The second-order valence-corrected chi connectivity index (χ2v) is 5.68. The van der Waals surface area contributed by atoms with Crippen molar-refractivity contribution in [2.75, 3.05) is 39.4 Å². The molecule has 0 radical (unpaired) electrons. The topological polar surface area (TPSA) is 77.4 Å². The van der Waals surface area contributed by atoms with Crippen molar-refractivity contribution in [2.45, 2.75) is 13.0 Å². The zero-order valence-electron chi connectivity index (χ0n) is 14.0. The standard InChI is InChI=1S/C18H24N4O2/c1-15(16-5-3-2-4-6-16)21-14-17(13-19)18(23)20-7-8-22-9-11-24-12-10-22/h2-6,14-15,21H,7-12H2,1H3,(H,20,23)/b17-14-. The molecule has 1 amide bonds. The van der Waals surface area contributed by atoms with E-state index < -0.39 is 0 Å². The van der Waals surface area contributed by atoms with Gasteiger partial charge in [0.1, 0.15) is 11.6 Å². The third-order valence-corrected chi connectivity index (χ3v) is 3.96. The minimum atomic E-state index is -0.349. The van der Waals surface area contributed by atoms with Crippen LogP contribution < -0.4 is 10.6 Å². The van der Waals surface area contributed by atoms with Crippen molar-refractivity contribution >= 4 is 5.91 Å². The van der Waals surface area contributed by atoms with Crippen molar-refractivity contribution in [3.05, 3.63) is 47.7 Å². The highest BCUT2D eigenvalue weighted by Crippen LogP contribution is 2.11. The lowest BCUT2D eigenvalue weighted by atomic mass is 10.1. The number of nitrogens with one attached hydrogen (secondary N) is 2. The highest BCUT2D eigenvalue weighted by molar-refractivity contribution is 5.97. The van der Waals surface area contributed by atoms with Gasteiger partial charge in [-0.25, -0.2) is 0 Å². The predicted molar refractivity (Wildman–Crippen MR) is 92.0 cm³/mol. The van der Waals surface area contributed by atoms with Crippen LogP contribution in [0.3, 0.4) is 0 Å². The van der Waals surface area contributed by atoms with Crippen molar-refractivity contribution in [1.82, 2.24) is 15.5 Å². The molecule has 1 aliphatic heterocycles. The fourth-order valence-electron chi connectivity index (χ4n) is 2.44. The van der Waals surface area contributed by atoms with Crippen molar-refractivity contribution in [3.63, 3.8) is 0 Å². The highest BCUT2D eigenvalue weighted by atomic mass is 16.5. The molecule has 2 rings (SSSR count). The predicted octanol–water partition coefficient (Wildman–Crippen LogP) is 1.19. The lowest BCUT2D eigenvalue weighted by molar-refractivity contribution is -0.117. The Morgan fingerprint density at radius 2 is 2.08 bits per heavy atom. The van der Waals surface area contributed by atoms with Crippen LogP contribution in [0.2, 0.25) is 0 Å². The van der Waals surface area contributed by atoms with Gasteiger partial charge in [-0.1, -0.05) is 30.3 Å². The SMILES string of the molecule is CC(N/C=C(/C#N)C(=O)NCCN1CCOCC1)c1ccccc1. The average molecular weight is 328 g/mol. The van der Waals surface area contributed by atoms with Crippen LogP contribution in [0.4, 0.5) is 0 Å². The van der Waals surface area contributed by atoms with Crippen LogP contribution in [0.1, 0.15) is 18.5 Å². The lowest BCUT2D eigenvalue weighted by Gasteiger charge is -2.26. The molecule has 0 bridgehead atoms. The average Bonchev–Trinajstić information content (AvgIpc) is 2.63. The molecule has 1 fully saturated rings. The smallest absolute Gasteiger partial charge is 0.263 e. The van der Waals surface area contributed by atoms with Gasteiger partial charge in [0.15, 0.2) is 0 Å².